The van der Waals surface area contributed by atoms with E-state index in [9.17, 15) is 13.2 Å². The SMILES string of the molecule is CC(=O)N1CCc2ccc(S(=O)(=O)N[C@H]3CCCNC3)cc2CC1. The van der Waals surface area contributed by atoms with Gasteiger partial charge in [-0.25, -0.2) is 13.1 Å². The van der Waals surface area contributed by atoms with Gasteiger partial charge in [0.2, 0.25) is 15.9 Å². The monoisotopic (exact) mass is 351 g/mol. The third-order valence-electron chi connectivity index (χ3n) is 4.85. The molecular formula is C17H25N3O3S. The number of amides is 1. The topological polar surface area (TPSA) is 78.5 Å². The van der Waals surface area contributed by atoms with Gasteiger partial charge in [0.25, 0.3) is 0 Å². The number of carbonyl (C=O) groups excluding carboxylic acids is 1. The van der Waals surface area contributed by atoms with Gasteiger partial charge in [0.1, 0.15) is 0 Å². The molecule has 6 nitrogen and oxygen atoms in total. The highest BCUT2D eigenvalue weighted by Crippen LogP contribution is 2.21. The second-order valence-electron chi connectivity index (χ2n) is 6.60. The van der Waals surface area contributed by atoms with E-state index >= 15 is 0 Å². The van der Waals surface area contributed by atoms with E-state index < -0.39 is 10.0 Å². The zero-order valence-electron chi connectivity index (χ0n) is 14.0. The third kappa shape index (κ3) is 3.96. The molecule has 0 radical (unpaired) electrons. The first kappa shape index (κ1) is 17.4. The molecule has 132 valence electrons. The van der Waals surface area contributed by atoms with Gasteiger partial charge in [0.15, 0.2) is 0 Å². The van der Waals surface area contributed by atoms with Crippen LogP contribution >= 0.6 is 0 Å². The maximum atomic E-state index is 12.6. The lowest BCUT2D eigenvalue weighted by atomic mass is 10.0. The van der Waals surface area contributed by atoms with Crippen LogP contribution in [0.25, 0.3) is 0 Å². The number of carbonyl (C=O) groups is 1. The fourth-order valence-electron chi connectivity index (χ4n) is 3.42. The Bertz CT molecular complexity index is 712. The molecule has 1 atom stereocenters. The van der Waals surface area contributed by atoms with Crippen molar-refractivity contribution in [3.63, 3.8) is 0 Å². The van der Waals surface area contributed by atoms with Crippen LogP contribution in [0.1, 0.15) is 30.9 Å². The highest BCUT2D eigenvalue weighted by Gasteiger charge is 2.23. The summed E-state index contributed by atoms with van der Waals surface area (Å²) in [7, 11) is -3.51. The van der Waals surface area contributed by atoms with Gasteiger partial charge in [-0.2, -0.15) is 0 Å². The molecule has 2 N–H and O–H groups in total. The summed E-state index contributed by atoms with van der Waals surface area (Å²) in [5.74, 6) is 0.0714. The van der Waals surface area contributed by atoms with Crippen LogP contribution in [0, 0.1) is 0 Å². The van der Waals surface area contributed by atoms with Crippen LogP contribution in [0.15, 0.2) is 23.1 Å². The Balaban J connectivity index is 1.77. The number of sulfonamides is 1. The second kappa shape index (κ2) is 7.21. The lowest BCUT2D eigenvalue weighted by molar-refractivity contribution is -0.128. The van der Waals surface area contributed by atoms with Gasteiger partial charge >= 0.3 is 0 Å². The van der Waals surface area contributed by atoms with E-state index in [0.717, 1.165) is 36.9 Å². The van der Waals surface area contributed by atoms with Gasteiger partial charge in [-0.3, -0.25) is 4.79 Å². The summed E-state index contributed by atoms with van der Waals surface area (Å²) >= 11 is 0. The molecule has 1 saturated heterocycles. The summed E-state index contributed by atoms with van der Waals surface area (Å²) < 4.78 is 28.1. The van der Waals surface area contributed by atoms with E-state index in [4.69, 9.17) is 0 Å². The van der Waals surface area contributed by atoms with Crippen LogP contribution in [-0.2, 0) is 27.7 Å². The summed E-state index contributed by atoms with van der Waals surface area (Å²) in [4.78, 5) is 13.7. The molecule has 0 aliphatic carbocycles. The number of benzene rings is 1. The van der Waals surface area contributed by atoms with E-state index in [1.807, 2.05) is 11.0 Å². The van der Waals surface area contributed by atoms with E-state index in [1.165, 1.54) is 0 Å². The van der Waals surface area contributed by atoms with Crippen molar-refractivity contribution in [2.75, 3.05) is 26.2 Å². The molecule has 0 aromatic heterocycles. The molecule has 1 amide bonds. The Morgan fingerprint density at radius 3 is 2.67 bits per heavy atom. The minimum Gasteiger partial charge on any atom is -0.342 e. The molecule has 1 aromatic carbocycles. The first-order valence-electron chi connectivity index (χ1n) is 8.56. The Morgan fingerprint density at radius 2 is 2.00 bits per heavy atom. The third-order valence-corrected chi connectivity index (χ3v) is 6.37. The van der Waals surface area contributed by atoms with Crippen molar-refractivity contribution in [2.24, 2.45) is 0 Å². The Kier molecular flexibility index (Phi) is 5.22. The van der Waals surface area contributed by atoms with Gasteiger partial charge in [0, 0.05) is 32.6 Å². The van der Waals surface area contributed by atoms with Crippen molar-refractivity contribution in [3.8, 4) is 0 Å². The molecule has 1 fully saturated rings. The zero-order chi connectivity index (χ0) is 17.2. The summed E-state index contributed by atoms with van der Waals surface area (Å²) in [6.07, 6.45) is 3.32. The molecular weight excluding hydrogens is 326 g/mol. The van der Waals surface area contributed by atoms with E-state index in [1.54, 1.807) is 19.1 Å². The number of piperidine rings is 1. The normalized spacial score (nSPS) is 21.9. The average molecular weight is 351 g/mol. The van der Waals surface area contributed by atoms with Gasteiger partial charge in [0.05, 0.1) is 4.90 Å². The minimum atomic E-state index is -3.51. The summed E-state index contributed by atoms with van der Waals surface area (Å²) in [6.45, 7) is 4.54. The lowest BCUT2D eigenvalue weighted by Gasteiger charge is -2.23. The Labute approximate surface area is 143 Å². The number of hydrogen-bond acceptors (Lipinski definition) is 4. The van der Waals surface area contributed by atoms with Crippen LogP contribution in [0.2, 0.25) is 0 Å². The van der Waals surface area contributed by atoms with Crippen molar-refractivity contribution in [1.29, 1.82) is 0 Å². The highest BCUT2D eigenvalue weighted by atomic mass is 32.2. The maximum absolute atomic E-state index is 12.6. The second-order valence-corrected chi connectivity index (χ2v) is 8.32. The molecule has 2 aliphatic rings. The predicted molar refractivity (Wildman–Crippen MR) is 92.3 cm³/mol. The Morgan fingerprint density at radius 1 is 1.25 bits per heavy atom. The Hall–Kier alpha value is -1.44. The number of nitrogens with zero attached hydrogens (tertiary/aromatic N) is 1. The van der Waals surface area contributed by atoms with Crippen molar-refractivity contribution in [3.05, 3.63) is 29.3 Å². The average Bonchev–Trinajstić information content (AvgIpc) is 2.77. The molecule has 24 heavy (non-hydrogen) atoms. The summed E-state index contributed by atoms with van der Waals surface area (Å²) in [5.41, 5.74) is 2.17. The molecule has 7 heteroatoms. The van der Waals surface area contributed by atoms with E-state index in [-0.39, 0.29) is 11.9 Å². The van der Waals surface area contributed by atoms with Gasteiger partial charge in [-0.1, -0.05) is 6.07 Å². The number of nitrogens with one attached hydrogen (secondary N) is 2. The van der Waals surface area contributed by atoms with Crippen molar-refractivity contribution < 1.29 is 13.2 Å². The highest BCUT2D eigenvalue weighted by molar-refractivity contribution is 7.89. The van der Waals surface area contributed by atoms with Crippen LogP contribution in [-0.4, -0.2) is 51.4 Å². The van der Waals surface area contributed by atoms with Gasteiger partial charge in [-0.05, 0) is 55.5 Å². The smallest absolute Gasteiger partial charge is 0.240 e. The van der Waals surface area contributed by atoms with Crippen molar-refractivity contribution in [1.82, 2.24) is 14.9 Å². The molecule has 1 aromatic rings. The summed E-state index contributed by atoms with van der Waals surface area (Å²) in [6, 6.07) is 5.31. The maximum Gasteiger partial charge on any atom is 0.240 e. The van der Waals surface area contributed by atoms with E-state index in [0.29, 0.717) is 31.0 Å². The molecule has 3 rings (SSSR count). The largest absolute Gasteiger partial charge is 0.342 e. The fraction of sp³-hybridized carbons (Fsp3) is 0.588. The molecule has 2 heterocycles. The predicted octanol–water partition coefficient (Wildman–Crippen LogP) is 0.664. The standard InChI is InChI=1S/C17H25N3O3S/c1-13(21)20-9-6-14-4-5-17(11-15(14)7-10-20)24(22,23)19-16-3-2-8-18-12-16/h4-5,11,16,18-19H,2-3,6-10,12H2,1H3/t16-/m0/s1. The first-order valence-corrected chi connectivity index (χ1v) is 10.0. The van der Waals surface area contributed by atoms with Crippen LogP contribution < -0.4 is 10.0 Å². The molecule has 2 aliphatic heterocycles. The van der Waals surface area contributed by atoms with Gasteiger partial charge in [-0.15, -0.1) is 0 Å². The molecule has 0 spiro atoms. The van der Waals surface area contributed by atoms with Crippen LogP contribution in [0.5, 0.6) is 0 Å². The van der Waals surface area contributed by atoms with Crippen molar-refractivity contribution in [2.45, 2.75) is 43.5 Å². The fourth-order valence-corrected chi connectivity index (χ4v) is 4.74. The lowest BCUT2D eigenvalue weighted by Crippen LogP contribution is -2.45. The van der Waals surface area contributed by atoms with E-state index in [2.05, 4.69) is 10.0 Å². The molecule has 0 bridgehead atoms. The molecule has 0 unspecified atom stereocenters. The zero-order valence-corrected chi connectivity index (χ0v) is 14.9. The van der Waals surface area contributed by atoms with Gasteiger partial charge < -0.3 is 10.2 Å². The number of rotatable bonds is 3. The van der Waals surface area contributed by atoms with Crippen LogP contribution in [0.3, 0.4) is 0 Å². The summed E-state index contributed by atoms with van der Waals surface area (Å²) in [5, 5.41) is 3.22. The molecule has 0 saturated carbocycles. The minimum absolute atomic E-state index is 0.0456. The number of fused-ring (bicyclic) bond motifs is 1. The van der Waals surface area contributed by atoms with Crippen LogP contribution in [0.4, 0.5) is 0 Å². The first-order chi connectivity index (χ1) is 11.5. The number of hydrogen-bond donors (Lipinski definition) is 2. The quantitative estimate of drug-likeness (QED) is 0.839. The van der Waals surface area contributed by atoms with Crippen molar-refractivity contribution >= 4 is 15.9 Å².